The first kappa shape index (κ1) is 15.2. The van der Waals surface area contributed by atoms with Gasteiger partial charge in [-0.1, -0.05) is 24.3 Å². The molecule has 104 valence electrons. The van der Waals surface area contributed by atoms with Gasteiger partial charge in [0, 0.05) is 18.8 Å². The first-order valence-electron chi connectivity index (χ1n) is 5.60. The number of amides is 1. The SMILES string of the molecule is C=CCN(C(=O)C(F)(F)F)c1ccccc1CCO. The van der Waals surface area contributed by atoms with E-state index in [1.165, 1.54) is 18.2 Å². The van der Waals surface area contributed by atoms with Crippen LogP contribution in [0.1, 0.15) is 5.56 Å². The number of para-hydroxylation sites is 1. The van der Waals surface area contributed by atoms with E-state index >= 15 is 0 Å². The molecule has 0 saturated carbocycles. The lowest BCUT2D eigenvalue weighted by molar-refractivity contribution is -0.170. The molecule has 0 aliphatic rings. The minimum absolute atomic E-state index is 0.138. The third kappa shape index (κ3) is 3.82. The summed E-state index contributed by atoms with van der Waals surface area (Å²) in [6, 6.07) is 6.16. The van der Waals surface area contributed by atoms with Crippen molar-refractivity contribution >= 4 is 11.6 Å². The molecule has 1 aromatic carbocycles. The van der Waals surface area contributed by atoms with Crippen LogP contribution in [-0.2, 0) is 11.2 Å². The highest BCUT2D eigenvalue weighted by Gasteiger charge is 2.43. The summed E-state index contributed by atoms with van der Waals surface area (Å²) in [4.78, 5) is 12.0. The average Bonchev–Trinajstić information content (AvgIpc) is 2.35. The van der Waals surface area contributed by atoms with Gasteiger partial charge < -0.3 is 10.0 Å². The topological polar surface area (TPSA) is 40.5 Å². The molecule has 0 aliphatic carbocycles. The second-order valence-corrected chi connectivity index (χ2v) is 3.80. The Bertz CT molecular complexity index is 457. The van der Waals surface area contributed by atoms with E-state index in [9.17, 15) is 18.0 Å². The maximum Gasteiger partial charge on any atom is 0.471 e. The molecular formula is C13H14F3NO2. The molecule has 0 unspecified atom stereocenters. The fourth-order valence-electron chi connectivity index (χ4n) is 1.68. The van der Waals surface area contributed by atoms with Gasteiger partial charge in [-0.2, -0.15) is 13.2 Å². The smallest absolute Gasteiger partial charge is 0.396 e. The van der Waals surface area contributed by atoms with Gasteiger partial charge in [0.15, 0.2) is 0 Å². The summed E-state index contributed by atoms with van der Waals surface area (Å²) >= 11 is 0. The second kappa shape index (κ2) is 6.38. The van der Waals surface area contributed by atoms with Crippen molar-refractivity contribution in [1.29, 1.82) is 0 Å². The number of carbonyl (C=O) groups is 1. The van der Waals surface area contributed by atoms with Crippen LogP contribution in [0.4, 0.5) is 18.9 Å². The second-order valence-electron chi connectivity index (χ2n) is 3.80. The molecule has 0 saturated heterocycles. The third-order valence-electron chi connectivity index (χ3n) is 2.46. The van der Waals surface area contributed by atoms with Crippen molar-refractivity contribution in [3.8, 4) is 0 Å². The summed E-state index contributed by atoms with van der Waals surface area (Å²) in [6.45, 7) is 2.90. The number of alkyl halides is 3. The first-order valence-corrected chi connectivity index (χ1v) is 5.60. The largest absolute Gasteiger partial charge is 0.471 e. The van der Waals surface area contributed by atoms with Crippen molar-refractivity contribution < 1.29 is 23.1 Å². The minimum atomic E-state index is -4.95. The molecular weight excluding hydrogens is 259 g/mol. The Morgan fingerprint density at radius 3 is 2.53 bits per heavy atom. The van der Waals surface area contributed by atoms with Gasteiger partial charge in [0.05, 0.1) is 0 Å². The highest BCUT2D eigenvalue weighted by Crippen LogP contribution is 2.26. The minimum Gasteiger partial charge on any atom is -0.396 e. The van der Waals surface area contributed by atoms with E-state index < -0.39 is 12.1 Å². The number of benzene rings is 1. The van der Waals surface area contributed by atoms with Crippen LogP contribution in [0.3, 0.4) is 0 Å². The lowest BCUT2D eigenvalue weighted by Gasteiger charge is -2.24. The number of hydrogen-bond donors (Lipinski definition) is 1. The molecule has 0 radical (unpaired) electrons. The molecule has 3 nitrogen and oxygen atoms in total. The fourth-order valence-corrected chi connectivity index (χ4v) is 1.68. The molecule has 0 aliphatic heterocycles. The number of anilines is 1. The summed E-state index contributed by atoms with van der Waals surface area (Å²) < 4.78 is 37.7. The number of nitrogens with zero attached hydrogens (tertiary/aromatic N) is 1. The Balaban J connectivity index is 3.19. The van der Waals surface area contributed by atoms with Gasteiger partial charge in [0.2, 0.25) is 0 Å². The Morgan fingerprint density at radius 1 is 1.37 bits per heavy atom. The zero-order valence-corrected chi connectivity index (χ0v) is 10.2. The van der Waals surface area contributed by atoms with E-state index in [1.54, 1.807) is 12.1 Å². The Labute approximate surface area is 109 Å². The predicted octanol–water partition coefficient (Wildman–Crippen LogP) is 2.30. The van der Waals surface area contributed by atoms with Gasteiger partial charge in [-0.3, -0.25) is 4.79 Å². The number of hydrogen-bond acceptors (Lipinski definition) is 2. The molecule has 0 atom stereocenters. The monoisotopic (exact) mass is 273 g/mol. The fraction of sp³-hybridized carbons (Fsp3) is 0.308. The Kier molecular flexibility index (Phi) is 5.11. The summed E-state index contributed by atoms with van der Waals surface area (Å²) in [5.74, 6) is -1.95. The summed E-state index contributed by atoms with van der Waals surface area (Å²) in [6.07, 6.45) is -3.55. The number of halogens is 3. The predicted molar refractivity (Wildman–Crippen MR) is 65.8 cm³/mol. The van der Waals surface area contributed by atoms with Gasteiger partial charge in [-0.25, -0.2) is 0 Å². The lowest BCUT2D eigenvalue weighted by Crippen LogP contribution is -2.41. The molecule has 0 bridgehead atoms. The molecule has 19 heavy (non-hydrogen) atoms. The van der Waals surface area contributed by atoms with Gasteiger partial charge in [0.25, 0.3) is 0 Å². The van der Waals surface area contributed by atoms with E-state index in [4.69, 9.17) is 5.11 Å². The molecule has 0 spiro atoms. The molecule has 0 fully saturated rings. The van der Waals surface area contributed by atoms with Crippen LogP contribution in [-0.4, -0.2) is 30.3 Å². The summed E-state index contributed by atoms with van der Waals surface area (Å²) in [5.41, 5.74) is 0.614. The van der Waals surface area contributed by atoms with E-state index in [0.717, 1.165) is 0 Å². The summed E-state index contributed by atoms with van der Waals surface area (Å²) in [5, 5.41) is 8.91. The van der Waals surface area contributed by atoms with Crippen molar-refractivity contribution in [2.45, 2.75) is 12.6 Å². The highest BCUT2D eigenvalue weighted by atomic mass is 19.4. The van der Waals surface area contributed by atoms with Crippen molar-refractivity contribution in [2.75, 3.05) is 18.1 Å². The van der Waals surface area contributed by atoms with Crippen LogP contribution < -0.4 is 4.90 Å². The van der Waals surface area contributed by atoms with E-state index in [0.29, 0.717) is 10.5 Å². The Hall–Kier alpha value is -1.82. The lowest BCUT2D eigenvalue weighted by atomic mass is 10.1. The van der Waals surface area contributed by atoms with Gasteiger partial charge in [0.1, 0.15) is 0 Å². The standard InChI is InChI=1S/C13H14F3NO2/c1-2-8-17(12(19)13(14,15)16)11-6-4-3-5-10(11)7-9-18/h2-6,18H,1,7-9H2. The van der Waals surface area contributed by atoms with Crippen LogP contribution >= 0.6 is 0 Å². The number of aliphatic hydroxyl groups is 1. The summed E-state index contributed by atoms with van der Waals surface area (Å²) in [7, 11) is 0. The van der Waals surface area contributed by atoms with Crippen molar-refractivity contribution in [1.82, 2.24) is 0 Å². The average molecular weight is 273 g/mol. The van der Waals surface area contributed by atoms with Crippen LogP contribution in [0.2, 0.25) is 0 Å². The number of rotatable bonds is 5. The maximum atomic E-state index is 12.6. The zero-order chi connectivity index (χ0) is 14.5. The number of aliphatic hydroxyl groups excluding tert-OH is 1. The van der Waals surface area contributed by atoms with Crippen LogP contribution in [0.5, 0.6) is 0 Å². The van der Waals surface area contributed by atoms with E-state index in [2.05, 4.69) is 6.58 Å². The van der Waals surface area contributed by atoms with Crippen LogP contribution in [0.25, 0.3) is 0 Å². The van der Waals surface area contributed by atoms with Crippen molar-refractivity contribution in [2.24, 2.45) is 0 Å². The van der Waals surface area contributed by atoms with Crippen molar-refractivity contribution in [3.05, 3.63) is 42.5 Å². The quantitative estimate of drug-likeness (QED) is 0.836. The molecule has 1 aromatic rings. The van der Waals surface area contributed by atoms with Gasteiger partial charge >= 0.3 is 12.1 Å². The molecule has 1 amide bonds. The first-order chi connectivity index (χ1) is 8.91. The van der Waals surface area contributed by atoms with Gasteiger partial charge in [-0.15, -0.1) is 6.58 Å². The molecule has 0 aromatic heterocycles. The van der Waals surface area contributed by atoms with E-state index in [1.807, 2.05) is 0 Å². The van der Waals surface area contributed by atoms with E-state index in [-0.39, 0.29) is 25.3 Å². The molecule has 1 N–H and O–H groups in total. The molecule has 6 heteroatoms. The third-order valence-corrected chi connectivity index (χ3v) is 2.46. The molecule has 0 heterocycles. The highest BCUT2D eigenvalue weighted by molar-refractivity contribution is 5.98. The maximum absolute atomic E-state index is 12.6. The van der Waals surface area contributed by atoms with Crippen LogP contribution in [0.15, 0.2) is 36.9 Å². The number of carbonyl (C=O) groups excluding carboxylic acids is 1. The molecule has 1 rings (SSSR count). The van der Waals surface area contributed by atoms with Gasteiger partial charge in [-0.05, 0) is 18.1 Å². The normalized spacial score (nSPS) is 11.2. The van der Waals surface area contributed by atoms with Crippen molar-refractivity contribution in [3.63, 3.8) is 0 Å². The van der Waals surface area contributed by atoms with Crippen LogP contribution in [0, 0.1) is 0 Å². The Morgan fingerprint density at radius 2 is 2.00 bits per heavy atom. The zero-order valence-electron chi connectivity index (χ0n) is 10.2.